The highest BCUT2D eigenvalue weighted by atomic mass is 32.2. The molecule has 0 spiro atoms. The largest absolute Gasteiger partial charge is 0.351 e. The van der Waals surface area contributed by atoms with E-state index in [0.717, 1.165) is 0 Å². The van der Waals surface area contributed by atoms with Gasteiger partial charge in [-0.2, -0.15) is 8.42 Å². The lowest BCUT2D eigenvalue weighted by Crippen LogP contribution is -2.01. The van der Waals surface area contributed by atoms with Crippen molar-refractivity contribution in [3.8, 4) is 0 Å². The van der Waals surface area contributed by atoms with Gasteiger partial charge < -0.3 is 4.57 Å². The Morgan fingerprint density at radius 1 is 1.22 bits per heavy atom. The van der Waals surface area contributed by atoms with Crippen LogP contribution in [0.2, 0.25) is 0 Å². The highest BCUT2D eigenvalue weighted by Crippen LogP contribution is 2.08. The molecule has 4 nitrogen and oxygen atoms in total. The van der Waals surface area contributed by atoms with E-state index in [-0.39, 0.29) is 0 Å². The fourth-order valence-electron chi connectivity index (χ4n) is 1.58. The summed E-state index contributed by atoms with van der Waals surface area (Å²) in [5.74, 6) is 0. The SMILES string of the molecule is CCCCc1cccn1CCCC.CS(=O)(=O)O. The minimum Gasteiger partial charge on any atom is -0.351 e. The van der Waals surface area contributed by atoms with Crippen molar-refractivity contribution in [2.75, 3.05) is 6.26 Å². The molecular formula is C13H25NO3S. The summed E-state index contributed by atoms with van der Waals surface area (Å²) in [6.07, 6.45) is 9.36. The van der Waals surface area contributed by atoms with Crippen LogP contribution in [0.5, 0.6) is 0 Å². The summed E-state index contributed by atoms with van der Waals surface area (Å²) in [7, 11) is -3.67. The Morgan fingerprint density at radius 3 is 2.28 bits per heavy atom. The van der Waals surface area contributed by atoms with E-state index in [4.69, 9.17) is 4.55 Å². The van der Waals surface area contributed by atoms with Crippen molar-refractivity contribution < 1.29 is 13.0 Å². The number of aryl methyl sites for hydroxylation is 2. The summed E-state index contributed by atoms with van der Waals surface area (Å²) in [5, 5.41) is 0. The van der Waals surface area contributed by atoms with E-state index in [9.17, 15) is 8.42 Å². The zero-order chi connectivity index (χ0) is 14.0. The predicted octanol–water partition coefficient (Wildman–Crippen LogP) is 3.13. The summed E-state index contributed by atoms with van der Waals surface area (Å²) in [4.78, 5) is 0. The highest BCUT2D eigenvalue weighted by molar-refractivity contribution is 7.85. The molecule has 0 saturated carbocycles. The van der Waals surface area contributed by atoms with E-state index in [2.05, 4.69) is 36.7 Å². The second-order valence-electron chi connectivity index (χ2n) is 4.38. The van der Waals surface area contributed by atoms with Gasteiger partial charge in [0.05, 0.1) is 6.26 Å². The third kappa shape index (κ3) is 10.4. The molecule has 0 atom stereocenters. The van der Waals surface area contributed by atoms with Gasteiger partial charge >= 0.3 is 0 Å². The lowest BCUT2D eigenvalue weighted by Gasteiger charge is -2.07. The molecule has 0 fully saturated rings. The normalized spacial score (nSPS) is 10.9. The monoisotopic (exact) mass is 275 g/mol. The molecule has 0 aliphatic heterocycles. The minimum absolute atomic E-state index is 0.715. The van der Waals surface area contributed by atoms with Gasteiger partial charge in [0.15, 0.2) is 0 Å². The lowest BCUT2D eigenvalue weighted by molar-refractivity contribution is 0.490. The maximum absolute atomic E-state index is 9.19. The smallest absolute Gasteiger partial charge is 0.261 e. The predicted molar refractivity (Wildman–Crippen MR) is 75.4 cm³/mol. The molecule has 1 rings (SSSR count). The Kier molecular flexibility index (Phi) is 8.75. The molecule has 1 aromatic rings. The molecule has 1 N–H and O–H groups in total. The third-order valence-electron chi connectivity index (χ3n) is 2.46. The molecule has 0 aliphatic carbocycles. The molecule has 106 valence electrons. The van der Waals surface area contributed by atoms with Crippen LogP contribution in [0.4, 0.5) is 0 Å². The molecule has 1 aromatic heterocycles. The van der Waals surface area contributed by atoms with Crippen molar-refractivity contribution in [1.82, 2.24) is 4.57 Å². The van der Waals surface area contributed by atoms with Crippen LogP contribution in [0.1, 0.15) is 45.2 Å². The van der Waals surface area contributed by atoms with Gasteiger partial charge in [0, 0.05) is 18.4 Å². The van der Waals surface area contributed by atoms with Gasteiger partial charge in [-0.15, -0.1) is 0 Å². The quantitative estimate of drug-likeness (QED) is 0.811. The van der Waals surface area contributed by atoms with Crippen molar-refractivity contribution in [3.63, 3.8) is 0 Å². The van der Waals surface area contributed by atoms with Crippen molar-refractivity contribution in [2.45, 2.75) is 52.5 Å². The van der Waals surface area contributed by atoms with E-state index in [0.29, 0.717) is 6.26 Å². The van der Waals surface area contributed by atoms with Crippen molar-refractivity contribution in [1.29, 1.82) is 0 Å². The fraction of sp³-hybridized carbons (Fsp3) is 0.692. The number of rotatable bonds is 6. The number of hydrogen-bond acceptors (Lipinski definition) is 2. The van der Waals surface area contributed by atoms with E-state index in [1.54, 1.807) is 0 Å². The van der Waals surface area contributed by atoms with Gasteiger partial charge in [0.25, 0.3) is 10.1 Å². The fourth-order valence-corrected chi connectivity index (χ4v) is 1.58. The van der Waals surface area contributed by atoms with Crippen LogP contribution in [0.15, 0.2) is 18.3 Å². The summed E-state index contributed by atoms with van der Waals surface area (Å²) >= 11 is 0. The van der Waals surface area contributed by atoms with Crippen LogP contribution in [-0.4, -0.2) is 23.8 Å². The molecule has 0 aliphatic rings. The van der Waals surface area contributed by atoms with Gasteiger partial charge in [-0.25, -0.2) is 0 Å². The van der Waals surface area contributed by atoms with Crippen LogP contribution in [0.3, 0.4) is 0 Å². The molecule has 1 heterocycles. The zero-order valence-electron chi connectivity index (χ0n) is 11.6. The van der Waals surface area contributed by atoms with Gasteiger partial charge in [-0.05, 0) is 31.4 Å². The molecule has 18 heavy (non-hydrogen) atoms. The Hall–Kier alpha value is -0.810. The Labute approximate surface area is 111 Å². The minimum atomic E-state index is -3.67. The van der Waals surface area contributed by atoms with Gasteiger partial charge in [0.2, 0.25) is 0 Å². The number of unbranched alkanes of at least 4 members (excludes halogenated alkanes) is 2. The van der Waals surface area contributed by atoms with Crippen molar-refractivity contribution in [2.24, 2.45) is 0 Å². The number of hydrogen-bond donors (Lipinski definition) is 1. The van der Waals surface area contributed by atoms with Crippen molar-refractivity contribution >= 4 is 10.1 Å². The molecule has 0 aromatic carbocycles. The van der Waals surface area contributed by atoms with Crippen LogP contribution in [-0.2, 0) is 23.1 Å². The summed E-state index contributed by atoms with van der Waals surface area (Å²) in [6, 6.07) is 4.42. The third-order valence-corrected chi connectivity index (χ3v) is 2.46. The average Bonchev–Trinajstić information content (AvgIpc) is 2.68. The van der Waals surface area contributed by atoms with E-state index >= 15 is 0 Å². The van der Waals surface area contributed by atoms with Crippen molar-refractivity contribution in [3.05, 3.63) is 24.0 Å². The van der Waals surface area contributed by atoms with Crippen LogP contribution >= 0.6 is 0 Å². The first kappa shape index (κ1) is 17.2. The first-order valence-electron chi connectivity index (χ1n) is 6.45. The topological polar surface area (TPSA) is 59.3 Å². The van der Waals surface area contributed by atoms with E-state index in [1.807, 2.05) is 0 Å². The molecule has 0 saturated heterocycles. The Morgan fingerprint density at radius 2 is 1.78 bits per heavy atom. The van der Waals surface area contributed by atoms with Gasteiger partial charge in [-0.3, -0.25) is 4.55 Å². The number of aromatic nitrogens is 1. The van der Waals surface area contributed by atoms with Gasteiger partial charge in [0.1, 0.15) is 0 Å². The van der Waals surface area contributed by atoms with Crippen LogP contribution in [0.25, 0.3) is 0 Å². The Bertz CT molecular complexity index is 379. The molecule has 0 amide bonds. The standard InChI is InChI=1S/C12H21N.CH4O3S/c1-3-5-8-12-9-7-11-13(12)10-6-4-2;1-5(2,3)4/h7,9,11H,3-6,8,10H2,1-2H3;1H3,(H,2,3,4). The van der Waals surface area contributed by atoms with E-state index in [1.165, 1.54) is 44.3 Å². The summed E-state index contributed by atoms with van der Waals surface area (Å²) < 4.78 is 28.3. The highest BCUT2D eigenvalue weighted by Gasteiger charge is 1.98. The summed E-state index contributed by atoms with van der Waals surface area (Å²) in [6.45, 7) is 5.69. The molecule has 5 heteroatoms. The summed E-state index contributed by atoms with van der Waals surface area (Å²) in [5.41, 5.74) is 1.51. The number of nitrogens with zero attached hydrogens (tertiary/aromatic N) is 1. The molecule has 0 unspecified atom stereocenters. The second kappa shape index (κ2) is 9.16. The zero-order valence-corrected chi connectivity index (χ0v) is 12.4. The van der Waals surface area contributed by atoms with Crippen LogP contribution < -0.4 is 0 Å². The Balaban J connectivity index is 0.000000494. The van der Waals surface area contributed by atoms with Gasteiger partial charge in [-0.1, -0.05) is 26.7 Å². The van der Waals surface area contributed by atoms with E-state index < -0.39 is 10.1 Å². The maximum atomic E-state index is 9.19. The molecule has 0 radical (unpaired) electrons. The molecular weight excluding hydrogens is 250 g/mol. The van der Waals surface area contributed by atoms with Crippen LogP contribution in [0, 0.1) is 0 Å². The maximum Gasteiger partial charge on any atom is 0.261 e. The molecule has 0 bridgehead atoms. The first-order chi connectivity index (χ1) is 8.38. The lowest BCUT2D eigenvalue weighted by atomic mass is 10.2. The average molecular weight is 275 g/mol. The second-order valence-corrected chi connectivity index (χ2v) is 5.85. The first-order valence-corrected chi connectivity index (χ1v) is 8.29.